The van der Waals surface area contributed by atoms with Crippen molar-refractivity contribution in [2.24, 2.45) is 0 Å². The average molecular weight is 380 g/mol. The van der Waals surface area contributed by atoms with E-state index in [-0.39, 0.29) is 0 Å². The van der Waals surface area contributed by atoms with E-state index in [2.05, 4.69) is 62.2 Å². The van der Waals surface area contributed by atoms with E-state index < -0.39 is 0 Å². The third kappa shape index (κ3) is 4.56. The fraction of sp³-hybridized carbons (Fsp3) is 0.458. The molecule has 0 saturated carbocycles. The van der Waals surface area contributed by atoms with Gasteiger partial charge in [0.2, 0.25) is 0 Å². The second kappa shape index (κ2) is 9.24. The zero-order valence-corrected chi connectivity index (χ0v) is 17.9. The maximum Gasteiger partial charge on any atom is 0.119 e. The van der Waals surface area contributed by atoms with Crippen LogP contribution in [0.4, 0.5) is 5.69 Å². The highest BCUT2D eigenvalue weighted by atomic mass is 16.5. The second-order valence-electron chi connectivity index (χ2n) is 7.60. The van der Waals surface area contributed by atoms with Crippen LogP contribution in [0.25, 0.3) is 21.8 Å². The number of anilines is 1. The Morgan fingerprint density at radius 1 is 1.04 bits per heavy atom. The average Bonchev–Trinajstić information content (AvgIpc) is 2.70. The molecule has 1 aromatic heterocycles. The number of fused-ring (bicyclic) bond motifs is 2. The van der Waals surface area contributed by atoms with Crippen LogP contribution < -0.4 is 10.1 Å². The molecular formula is C24H33N3O. The summed E-state index contributed by atoms with van der Waals surface area (Å²) in [5, 5.41) is 6.08. The summed E-state index contributed by atoms with van der Waals surface area (Å²) in [7, 11) is 1.71. The number of rotatable bonds is 9. The minimum Gasteiger partial charge on any atom is -0.497 e. The Bertz CT molecular complexity index is 934. The van der Waals surface area contributed by atoms with Crippen LogP contribution in [-0.2, 0) is 0 Å². The number of nitrogens with zero attached hydrogens (tertiary/aromatic N) is 2. The Labute approximate surface area is 168 Å². The molecule has 0 saturated heterocycles. The van der Waals surface area contributed by atoms with E-state index in [4.69, 9.17) is 9.72 Å². The Hall–Kier alpha value is -2.33. The Morgan fingerprint density at radius 3 is 2.54 bits per heavy atom. The monoisotopic (exact) mass is 379 g/mol. The molecule has 4 heteroatoms. The molecule has 0 amide bonds. The fourth-order valence-corrected chi connectivity index (χ4v) is 3.80. The number of aromatic nitrogens is 1. The van der Waals surface area contributed by atoms with Crippen molar-refractivity contribution >= 4 is 27.5 Å². The number of aryl methyl sites for hydroxylation is 1. The van der Waals surface area contributed by atoms with Crippen molar-refractivity contribution in [2.75, 3.05) is 32.1 Å². The van der Waals surface area contributed by atoms with Crippen LogP contribution in [0, 0.1) is 6.92 Å². The third-order valence-corrected chi connectivity index (χ3v) is 5.53. The van der Waals surface area contributed by atoms with Gasteiger partial charge < -0.3 is 15.0 Å². The highest BCUT2D eigenvalue weighted by Crippen LogP contribution is 2.34. The molecule has 0 bridgehead atoms. The van der Waals surface area contributed by atoms with Gasteiger partial charge in [-0.2, -0.15) is 0 Å². The van der Waals surface area contributed by atoms with Gasteiger partial charge in [-0.15, -0.1) is 0 Å². The van der Waals surface area contributed by atoms with Crippen molar-refractivity contribution < 1.29 is 4.74 Å². The lowest BCUT2D eigenvalue weighted by Crippen LogP contribution is -2.25. The highest BCUT2D eigenvalue weighted by molar-refractivity contribution is 6.08. The van der Waals surface area contributed by atoms with Crippen LogP contribution in [0.15, 0.2) is 36.4 Å². The SMILES string of the molecule is CCN(CC)CCC[C@@H](C)Nc1c2ccc(C)cc2nc2ccc(OC)cc12. The first-order chi connectivity index (χ1) is 13.5. The van der Waals surface area contributed by atoms with Gasteiger partial charge in [0.1, 0.15) is 5.75 Å². The molecule has 4 nitrogen and oxygen atoms in total. The number of ether oxygens (including phenoxy) is 1. The normalized spacial score (nSPS) is 12.6. The van der Waals surface area contributed by atoms with Gasteiger partial charge in [0.25, 0.3) is 0 Å². The molecule has 3 rings (SSSR count). The lowest BCUT2D eigenvalue weighted by atomic mass is 10.0. The Kier molecular flexibility index (Phi) is 6.74. The summed E-state index contributed by atoms with van der Waals surface area (Å²) in [5.74, 6) is 0.859. The number of hydrogen-bond acceptors (Lipinski definition) is 4. The second-order valence-corrected chi connectivity index (χ2v) is 7.60. The van der Waals surface area contributed by atoms with E-state index in [0.29, 0.717) is 6.04 Å². The molecule has 150 valence electrons. The highest BCUT2D eigenvalue weighted by Gasteiger charge is 2.13. The van der Waals surface area contributed by atoms with Crippen molar-refractivity contribution in [3.63, 3.8) is 0 Å². The molecule has 1 atom stereocenters. The van der Waals surface area contributed by atoms with E-state index in [9.17, 15) is 0 Å². The van der Waals surface area contributed by atoms with E-state index in [1.54, 1.807) is 7.11 Å². The van der Waals surface area contributed by atoms with Gasteiger partial charge in [-0.3, -0.25) is 0 Å². The molecule has 0 radical (unpaired) electrons. The largest absolute Gasteiger partial charge is 0.497 e. The maximum absolute atomic E-state index is 5.47. The van der Waals surface area contributed by atoms with Crippen LogP contribution in [-0.4, -0.2) is 42.7 Å². The Morgan fingerprint density at radius 2 is 1.82 bits per heavy atom. The first-order valence-electron chi connectivity index (χ1n) is 10.4. The molecule has 0 unspecified atom stereocenters. The number of methoxy groups -OCH3 is 1. The molecule has 28 heavy (non-hydrogen) atoms. The zero-order valence-electron chi connectivity index (χ0n) is 17.9. The van der Waals surface area contributed by atoms with Crippen LogP contribution in [0.3, 0.4) is 0 Å². The van der Waals surface area contributed by atoms with Crippen molar-refractivity contribution in [1.29, 1.82) is 0 Å². The molecule has 1 heterocycles. The summed E-state index contributed by atoms with van der Waals surface area (Å²) in [5.41, 5.74) is 4.42. The standard InChI is InChI=1S/C24H33N3O/c1-6-27(7-2)14-8-9-18(4)25-24-20-12-10-17(3)15-23(20)26-22-13-11-19(28-5)16-21(22)24/h10-13,15-16,18H,6-9,14H2,1-5H3,(H,25,26)/t18-/m1/s1. The minimum absolute atomic E-state index is 0.386. The quantitative estimate of drug-likeness (QED) is 0.489. The van der Waals surface area contributed by atoms with Crippen molar-refractivity contribution in [2.45, 2.75) is 46.6 Å². The first-order valence-corrected chi connectivity index (χ1v) is 10.4. The lowest BCUT2D eigenvalue weighted by molar-refractivity contribution is 0.295. The van der Waals surface area contributed by atoms with Gasteiger partial charge in [0, 0.05) is 16.8 Å². The molecule has 0 aliphatic carbocycles. The number of benzene rings is 2. The summed E-state index contributed by atoms with van der Waals surface area (Å²) in [6.45, 7) is 12.3. The number of hydrogen-bond donors (Lipinski definition) is 1. The number of pyridine rings is 1. The summed E-state index contributed by atoms with van der Waals surface area (Å²) in [6.07, 6.45) is 2.33. The molecule has 0 fully saturated rings. The van der Waals surface area contributed by atoms with Gasteiger partial charge >= 0.3 is 0 Å². The number of nitrogens with one attached hydrogen (secondary N) is 1. The molecule has 0 aliphatic rings. The summed E-state index contributed by atoms with van der Waals surface area (Å²) in [4.78, 5) is 7.37. The molecule has 0 spiro atoms. The Balaban J connectivity index is 1.92. The van der Waals surface area contributed by atoms with Gasteiger partial charge in [-0.05, 0) is 76.2 Å². The van der Waals surface area contributed by atoms with Gasteiger partial charge in [0.15, 0.2) is 0 Å². The topological polar surface area (TPSA) is 37.4 Å². The van der Waals surface area contributed by atoms with Crippen LogP contribution >= 0.6 is 0 Å². The van der Waals surface area contributed by atoms with Crippen LogP contribution in [0.2, 0.25) is 0 Å². The predicted molar refractivity (Wildman–Crippen MR) is 121 cm³/mol. The summed E-state index contributed by atoms with van der Waals surface area (Å²) < 4.78 is 5.47. The van der Waals surface area contributed by atoms with Crippen LogP contribution in [0.5, 0.6) is 5.75 Å². The van der Waals surface area contributed by atoms with E-state index >= 15 is 0 Å². The fourth-order valence-electron chi connectivity index (χ4n) is 3.80. The molecule has 0 aliphatic heterocycles. The minimum atomic E-state index is 0.386. The summed E-state index contributed by atoms with van der Waals surface area (Å²) in [6, 6.07) is 13.0. The molecule has 2 aromatic carbocycles. The zero-order chi connectivity index (χ0) is 20.1. The molecule has 3 aromatic rings. The van der Waals surface area contributed by atoms with E-state index in [0.717, 1.165) is 53.9 Å². The lowest BCUT2D eigenvalue weighted by Gasteiger charge is -2.22. The van der Waals surface area contributed by atoms with Crippen molar-refractivity contribution in [1.82, 2.24) is 9.88 Å². The van der Waals surface area contributed by atoms with Gasteiger partial charge in [0.05, 0.1) is 23.8 Å². The van der Waals surface area contributed by atoms with Gasteiger partial charge in [-0.25, -0.2) is 4.98 Å². The maximum atomic E-state index is 5.47. The van der Waals surface area contributed by atoms with Gasteiger partial charge in [-0.1, -0.05) is 26.0 Å². The third-order valence-electron chi connectivity index (χ3n) is 5.53. The smallest absolute Gasteiger partial charge is 0.119 e. The molecular weight excluding hydrogens is 346 g/mol. The molecule has 1 N–H and O–H groups in total. The van der Waals surface area contributed by atoms with E-state index in [1.807, 2.05) is 12.1 Å². The van der Waals surface area contributed by atoms with Crippen LogP contribution in [0.1, 0.15) is 39.2 Å². The summed E-state index contributed by atoms with van der Waals surface area (Å²) >= 11 is 0. The predicted octanol–water partition coefficient (Wildman–Crippen LogP) is 5.63. The first kappa shape index (κ1) is 20.4. The van der Waals surface area contributed by atoms with Crippen molar-refractivity contribution in [3.05, 3.63) is 42.0 Å². The van der Waals surface area contributed by atoms with E-state index in [1.165, 1.54) is 17.4 Å². The van der Waals surface area contributed by atoms with Crippen molar-refractivity contribution in [3.8, 4) is 5.75 Å².